The van der Waals surface area contributed by atoms with E-state index in [4.69, 9.17) is 0 Å². The zero-order chi connectivity index (χ0) is 17.6. The number of imidazole rings is 1. The van der Waals surface area contributed by atoms with E-state index in [9.17, 15) is 13.2 Å². The largest absolute Gasteiger partial charge is 0.484 e. The first-order valence-corrected chi connectivity index (χ1v) is 7.80. The molecule has 0 saturated heterocycles. The first-order chi connectivity index (χ1) is 11.3. The number of nitrogens with zero attached hydrogens (tertiary/aromatic N) is 2. The first kappa shape index (κ1) is 18.3. The smallest absolute Gasteiger partial charge is 0.422 e. The summed E-state index contributed by atoms with van der Waals surface area (Å²) in [5.41, 5.74) is 1.00. The van der Waals surface area contributed by atoms with Gasteiger partial charge in [0.2, 0.25) is 0 Å². The van der Waals surface area contributed by atoms with Crippen LogP contribution in [-0.4, -0.2) is 28.9 Å². The van der Waals surface area contributed by atoms with E-state index in [1.165, 1.54) is 0 Å². The zero-order valence-electron chi connectivity index (χ0n) is 13.8. The fourth-order valence-corrected chi connectivity index (χ4v) is 2.33. The molecule has 0 aliphatic carbocycles. The summed E-state index contributed by atoms with van der Waals surface area (Å²) in [6.07, 6.45) is -0.562. The summed E-state index contributed by atoms with van der Waals surface area (Å²) in [7, 11) is 0. The third kappa shape index (κ3) is 6.23. The minimum atomic E-state index is -4.32. The molecule has 0 saturated carbocycles. The Hall–Kier alpha value is -2.02. The van der Waals surface area contributed by atoms with Crippen LogP contribution in [0.4, 0.5) is 13.2 Å². The molecule has 132 valence electrons. The van der Waals surface area contributed by atoms with Crippen molar-refractivity contribution < 1.29 is 17.9 Å². The fourth-order valence-electron chi connectivity index (χ4n) is 2.33. The van der Waals surface area contributed by atoms with Crippen molar-refractivity contribution in [3.63, 3.8) is 0 Å². The van der Waals surface area contributed by atoms with E-state index < -0.39 is 12.8 Å². The molecule has 1 aromatic heterocycles. The molecule has 2 aromatic rings. The van der Waals surface area contributed by atoms with Crippen LogP contribution >= 0.6 is 0 Å². The maximum Gasteiger partial charge on any atom is 0.422 e. The van der Waals surface area contributed by atoms with Crippen molar-refractivity contribution in [3.05, 3.63) is 48.0 Å². The Morgan fingerprint density at radius 3 is 2.54 bits per heavy atom. The minimum Gasteiger partial charge on any atom is -0.484 e. The van der Waals surface area contributed by atoms with Gasteiger partial charge in [-0.3, -0.25) is 0 Å². The zero-order valence-corrected chi connectivity index (χ0v) is 13.8. The molecular formula is C17H22F3N3O. The molecule has 0 bridgehead atoms. The molecule has 4 nitrogen and oxygen atoms in total. The lowest BCUT2D eigenvalue weighted by atomic mass is 10.1. The van der Waals surface area contributed by atoms with Crippen molar-refractivity contribution in [2.45, 2.75) is 33.1 Å². The number of hydrogen-bond donors (Lipinski definition) is 1. The van der Waals surface area contributed by atoms with Crippen molar-refractivity contribution >= 4 is 0 Å². The number of rotatable bonds is 8. The maximum absolute atomic E-state index is 12.1. The predicted octanol–water partition coefficient (Wildman–Crippen LogP) is 3.56. The Kier molecular flexibility index (Phi) is 6.25. The molecule has 0 amide bonds. The first-order valence-electron chi connectivity index (χ1n) is 7.80. The summed E-state index contributed by atoms with van der Waals surface area (Å²) < 4.78 is 43.0. The van der Waals surface area contributed by atoms with Gasteiger partial charge >= 0.3 is 6.18 Å². The highest BCUT2D eigenvalue weighted by molar-refractivity contribution is 5.27. The molecular weight excluding hydrogens is 319 g/mol. The molecule has 0 aliphatic heterocycles. The van der Waals surface area contributed by atoms with Gasteiger partial charge in [-0.05, 0) is 37.1 Å². The second-order valence-corrected chi connectivity index (χ2v) is 5.91. The second kappa shape index (κ2) is 8.19. The lowest BCUT2D eigenvalue weighted by Crippen LogP contribution is -2.24. The Morgan fingerprint density at radius 1 is 1.25 bits per heavy atom. The van der Waals surface area contributed by atoms with E-state index in [0.29, 0.717) is 12.5 Å². The van der Waals surface area contributed by atoms with Gasteiger partial charge in [0.25, 0.3) is 0 Å². The number of benzene rings is 1. The van der Waals surface area contributed by atoms with Crippen LogP contribution in [0.2, 0.25) is 0 Å². The Morgan fingerprint density at radius 2 is 1.96 bits per heavy atom. The molecule has 1 atom stereocenters. The molecule has 1 unspecified atom stereocenters. The summed E-state index contributed by atoms with van der Waals surface area (Å²) in [6, 6.07) is 6.65. The van der Waals surface area contributed by atoms with E-state index in [2.05, 4.69) is 26.5 Å². The number of nitrogens with one attached hydrogen (secondary N) is 1. The fraction of sp³-hybridized carbons (Fsp3) is 0.471. The number of alkyl halides is 3. The molecule has 7 heteroatoms. The van der Waals surface area contributed by atoms with Crippen LogP contribution in [0, 0.1) is 12.8 Å². The van der Waals surface area contributed by atoms with Gasteiger partial charge in [0, 0.05) is 25.5 Å². The molecule has 1 heterocycles. The van der Waals surface area contributed by atoms with Gasteiger partial charge < -0.3 is 14.6 Å². The molecule has 24 heavy (non-hydrogen) atoms. The SMILES string of the molecule is Cc1nccn1CC(C)CNCc1ccc(OCC(F)(F)F)cc1. The molecule has 2 rings (SSSR count). The van der Waals surface area contributed by atoms with Gasteiger partial charge in [-0.1, -0.05) is 19.1 Å². The van der Waals surface area contributed by atoms with Crippen LogP contribution in [-0.2, 0) is 13.1 Å². The number of aromatic nitrogens is 2. The predicted molar refractivity (Wildman–Crippen MR) is 85.8 cm³/mol. The van der Waals surface area contributed by atoms with Crippen molar-refractivity contribution in [2.75, 3.05) is 13.2 Å². The van der Waals surface area contributed by atoms with Crippen LogP contribution in [0.15, 0.2) is 36.7 Å². The van der Waals surface area contributed by atoms with E-state index in [-0.39, 0.29) is 5.75 Å². The van der Waals surface area contributed by atoms with Crippen molar-refractivity contribution in [1.29, 1.82) is 0 Å². The van der Waals surface area contributed by atoms with E-state index in [0.717, 1.165) is 24.5 Å². The third-order valence-corrected chi connectivity index (χ3v) is 3.58. The van der Waals surface area contributed by atoms with Gasteiger partial charge in [0.05, 0.1) is 0 Å². The van der Waals surface area contributed by atoms with Crippen molar-refractivity contribution in [3.8, 4) is 5.75 Å². The van der Waals surface area contributed by atoms with E-state index in [1.807, 2.05) is 13.1 Å². The Bertz CT molecular complexity index is 623. The second-order valence-electron chi connectivity index (χ2n) is 5.91. The molecule has 0 aliphatic rings. The number of aryl methyl sites for hydroxylation is 1. The average molecular weight is 341 g/mol. The average Bonchev–Trinajstić information content (AvgIpc) is 2.91. The maximum atomic E-state index is 12.1. The lowest BCUT2D eigenvalue weighted by Gasteiger charge is -2.14. The molecule has 0 fully saturated rings. The van der Waals surface area contributed by atoms with Crippen LogP contribution in [0.25, 0.3) is 0 Å². The normalized spacial score (nSPS) is 13.0. The Balaban J connectivity index is 1.71. The minimum absolute atomic E-state index is 0.222. The highest BCUT2D eigenvalue weighted by Crippen LogP contribution is 2.18. The van der Waals surface area contributed by atoms with Gasteiger partial charge in [0.1, 0.15) is 11.6 Å². The summed E-state index contributed by atoms with van der Waals surface area (Å²) in [4.78, 5) is 4.20. The monoisotopic (exact) mass is 341 g/mol. The van der Waals surface area contributed by atoms with E-state index >= 15 is 0 Å². The number of halogens is 3. The van der Waals surface area contributed by atoms with Crippen LogP contribution in [0.3, 0.4) is 0 Å². The van der Waals surface area contributed by atoms with Gasteiger partial charge in [-0.15, -0.1) is 0 Å². The van der Waals surface area contributed by atoms with Crippen LogP contribution in [0.1, 0.15) is 18.3 Å². The number of hydrogen-bond acceptors (Lipinski definition) is 3. The van der Waals surface area contributed by atoms with Gasteiger partial charge in [0.15, 0.2) is 6.61 Å². The van der Waals surface area contributed by atoms with Gasteiger partial charge in [-0.25, -0.2) is 4.98 Å². The summed E-state index contributed by atoms with van der Waals surface area (Å²) >= 11 is 0. The molecule has 1 N–H and O–H groups in total. The highest BCUT2D eigenvalue weighted by Gasteiger charge is 2.28. The highest BCUT2D eigenvalue weighted by atomic mass is 19.4. The van der Waals surface area contributed by atoms with E-state index in [1.54, 1.807) is 30.5 Å². The number of ether oxygens (including phenoxy) is 1. The Labute approximate surface area is 139 Å². The lowest BCUT2D eigenvalue weighted by molar-refractivity contribution is -0.153. The molecule has 1 aromatic carbocycles. The van der Waals surface area contributed by atoms with Crippen molar-refractivity contribution in [1.82, 2.24) is 14.9 Å². The standard InChI is InChI=1S/C17H22F3N3O/c1-13(11-23-8-7-22-14(23)2)9-21-10-15-3-5-16(6-4-15)24-12-17(18,19)20/h3-8,13,21H,9-12H2,1-2H3. The summed E-state index contributed by atoms with van der Waals surface area (Å²) in [5.74, 6) is 1.66. The molecule has 0 radical (unpaired) electrons. The topological polar surface area (TPSA) is 39.1 Å². The van der Waals surface area contributed by atoms with Crippen molar-refractivity contribution in [2.24, 2.45) is 5.92 Å². The third-order valence-electron chi connectivity index (χ3n) is 3.58. The summed E-state index contributed by atoms with van der Waals surface area (Å²) in [6.45, 7) is 5.25. The van der Waals surface area contributed by atoms with Crippen LogP contribution < -0.4 is 10.1 Å². The van der Waals surface area contributed by atoms with Gasteiger partial charge in [-0.2, -0.15) is 13.2 Å². The molecule has 0 spiro atoms. The summed E-state index contributed by atoms with van der Waals surface area (Å²) in [5, 5.41) is 3.35. The van der Waals surface area contributed by atoms with Crippen LogP contribution in [0.5, 0.6) is 5.75 Å². The quantitative estimate of drug-likeness (QED) is 0.798.